The molecule has 0 bridgehead atoms. The van der Waals surface area contributed by atoms with Crippen molar-refractivity contribution in [2.24, 2.45) is 5.92 Å². The molecule has 38 heteroatoms. The molecule has 5 aliphatic heterocycles. The fourth-order valence-corrected chi connectivity index (χ4v) is 20.3. The fraction of sp³-hybridized carbons (Fsp3) is 0.430. The Morgan fingerprint density at radius 2 is 0.758 bits per heavy atom. The predicted octanol–water partition coefficient (Wildman–Crippen LogP) is 5.01. The molecule has 10 heterocycles. The lowest BCUT2D eigenvalue weighted by Gasteiger charge is -2.37. The third-order valence-corrected chi connectivity index (χ3v) is 28.4. The van der Waals surface area contributed by atoms with Crippen LogP contribution >= 0.6 is 23.2 Å². The van der Waals surface area contributed by atoms with Crippen LogP contribution in [0.5, 0.6) is 0 Å². The van der Waals surface area contributed by atoms with E-state index in [1.807, 2.05) is 71.6 Å². The van der Waals surface area contributed by atoms with Gasteiger partial charge in [0.1, 0.15) is 12.1 Å². The molecule has 0 unspecified atom stereocenters. The zero-order chi connectivity index (χ0) is 89.1. The number of piperazine rings is 4. The van der Waals surface area contributed by atoms with Crippen molar-refractivity contribution in [3.8, 4) is 0 Å². The Labute approximate surface area is 738 Å². The molecule has 4 atom stereocenters. The van der Waals surface area contributed by atoms with E-state index in [1.54, 1.807) is 90.4 Å². The molecule has 0 radical (unpaired) electrons. The minimum atomic E-state index is -3.37. The van der Waals surface area contributed by atoms with Gasteiger partial charge in [0.2, 0.25) is 73.7 Å². The van der Waals surface area contributed by atoms with Crippen LogP contribution in [-0.2, 0) is 134 Å². The van der Waals surface area contributed by atoms with Crippen LogP contribution in [0, 0.1) is 5.92 Å². The van der Waals surface area contributed by atoms with Crippen molar-refractivity contribution < 1.29 is 66.1 Å². The van der Waals surface area contributed by atoms with Crippen molar-refractivity contribution >= 4 is 103 Å². The number of halogens is 2. The SMILES string of the molecule is CN1CCN(Cc2cccn2S(C)(=O)=O)CC1.CS(=O)(=O)n1cccc1C=O.CS(=O)(=O)n1cccc1CN1CCN(C(=O)[C@@H](Cc2ccc(Cl)cc2)NC(=O)[C@@H]2CCc3ccccc3C2)CC1.CS(=O)(=O)n1cccc1CN1CCN(C(=O)[C@@H](Cc2ccc(Cl)cc2)NC(=O)[C@H]2Cc3ccccc3CN2)CC1.CS(=O)(=O)n1cccc1CN1CCNCC1. The molecule has 4 fully saturated rings. The summed E-state index contributed by atoms with van der Waals surface area (Å²) in [5, 5.41) is 14.0. The largest absolute Gasteiger partial charge is 0.344 e. The average Bonchev–Trinajstić information content (AvgIpc) is 1.57. The van der Waals surface area contributed by atoms with Crippen LogP contribution in [0.25, 0.3) is 0 Å². The zero-order valence-corrected chi connectivity index (χ0v) is 76.3. The Bertz CT molecular complexity index is 5490. The van der Waals surface area contributed by atoms with Crippen LogP contribution in [0.3, 0.4) is 0 Å². The predicted molar refractivity (Wildman–Crippen MR) is 480 cm³/mol. The summed E-state index contributed by atoms with van der Waals surface area (Å²) >= 11 is 12.1. The van der Waals surface area contributed by atoms with E-state index in [0.717, 1.165) is 104 Å². The van der Waals surface area contributed by atoms with E-state index >= 15 is 0 Å². The van der Waals surface area contributed by atoms with Crippen LogP contribution in [-0.4, -0.2) is 287 Å². The maximum atomic E-state index is 13.8. The van der Waals surface area contributed by atoms with Crippen molar-refractivity contribution in [3.05, 3.63) is 261 Å². The maximum Gasteiger partial charge on any atom is 0.245 e. The lowest BCUT2D eigenvalue weighted by Crippen LogP contribution is -2.58. The zero-order valence-electron chi connectivity index (χ0n) is 70.7. The number of fused-ring (bicyclic) bond motifs is 2. The standard InChI is InChI=1S/C30H35ClN4O4S.C29H34ClN5O4S.C11H19N3O2S.C10H17N3O2S.C6H7NO3S/c1-40(38,39)35-14-4-7-27(35)21-33-15-17-34(18-16-33)30(37)28(19-22-8-12-26(31)13-9-22)32-29(36)25-11-10-23-5-2-3-6-24(23)20-25;1-40(38,39)35-12-4-7-25(35)20-33-13-15-34(16-14-33)29(37)27(17-21-8-10-24(30)11-9-21)32-28(36)26-18-22-5-2-3-6-23(22)19-31-26;1-12-6-8-13(9-7-12)10-11-4-3-5-14(11)17(2,15)16;1-16(14,15)13-6-2-3-10(13)9-12-7-4-11-5-8-12;1-11(9,10)7-4-2-3-6(7)5-8/h2-9,12-14,25,28H,10-11,15-21H2,1H3,(H,32,36);2-12,26-27,31H,13-20H2,1H3,(H,32,36);3-5H,6-10H2,1-2H3;2-3,6,11H,4-5,7-9H2,1H3;2-5H,1H3/t25-,28-;26-,27-;;;/m11.../s1. The minimum Gasteiger partial charge on any atom is -0.344 e. The maximum absolute atomic E-state index is 13.8. The molecule has 15 rings (SSSR count). The number of hydrogen-bond donors (Lipinski definition) is 4. The lowest BCUT2D eigenvalue weighted by atomic mass is 9.83. The van der Waals surface area contributed by atoms with Gasteiger partial charge < -0.3 is 36.0 Å². The van der Waals surface area contributed by atoms with Gasteiger partial charge in [0.25, 0.3) is 0 Å². The van der Waals surface area contributed by atoms with Crippen molar-refractivity contribution in [1.82, 2.24) is 75.4 Å². The van der Waals surface area contributed by atoms with Crippen molar-refractivity contribution in [2.45, 2.75) is 89.4 Å². The Morgan fingerprint density at radius 3 is 1.15 bits per heavy atom. The second kappa shape index (κ2) is 43.4. The summed E-state index contributed by atoms with van der Waals surface area (Å²) in [5.41, 5.74) is 9.87. The summed E-state index contributed by atoms with van der Waals surface area (Å²) in [4.78, 5) is 79.3. The van der Waals surface area contributed by atoms with Crippen molar-refractivity contribution in [3.63, 3.8) is 0 Å². The van der Waals surface area contributed by atoms with Crippen LogP contribution < -0.4 is 21.3 Å². The van der Waals surface area contributed by atoms with E-state index in [0.29, 0.717) is 138 Å². The quantitative estimate of drug-likeness (QED) is 0.0577. The summed E-state index contributed by atoms with van der Waals surface area (Å²) in [6.45, 7) is 15.3. The first-order valence-corrected chi connectivity index (χ1v) is 51.1. The first-order valence-electron chi connectivity index (χ1n) is 41.1. The number of carbonyl (C=O) groups is 5. The summed E-state index contributed by atoms with van der Waals surface area (Å²) in [6, 6.07) is 46.5. The molecule has 9 aromatic rings. The van der Waals surface area contributed by atoms with Gasteiger partial charge in [-0.1, -0.05) is 96.0 Å². The monoisotopic (exact) mass is 1840 g/mol. The molecular formula is C86H112Cl2N16O15S5. The van der Waals surface area contributed by atoms with Crippen LogP contribution in [0.2, 0.25) is 10.0 Å². The molecule has 670 valence electrons. The molecule has 4 amide bonds. The average molecular weight is 1840 g/mol. The Balaban J connectivity index is 0.000000164. The van der Waals surface area contributed by atoms with Gasteiger partial charge in [0.05, 0.1) is 43.0 Å². The molecular weight excluding hydrogens is 1730 g/mol. The number of hydrogen-bond acceptors (Lipinski definition) is 22. The normalized spacial score (nSPS) is 18.2. The Morgan fingerprint density at radius 1 is 0.411 bits per heavy atom. The number of benzene rings is 4. The smallest absolute Gasteiger partial charge is 0.245 e. The first kappa shape index (κ1) is 95.5. The first-order chi connectivity index (χ1) is 58.9. The molecule has 0 saturated carbocycles. The second-order valence-electron chi connectivity index (χ2n) is 32.0. The number of nitrogens with zero attached hydrogens (tertiary/aromatic N) is 12. The highest BCUT2D eigenvalue weighted by Gasteiger charge is 2.36. The van der Waals surface area contributed by atoms with Crippen molar-refractivity contribution in [2.75, 3.05) is 143 Å². The summed E-state index contributed by atoms with van der Waals surface area (Å²) < 4.78 is 122. The van der Waals surface area contributed by atoms with Gasteiger partial charge in [0, 0.05) is 220 Å². The molecule has 31 nitrogen and oxygen atoms in total. The molecule has 1 aliphatic carbocycles. The number of aryl methyl sites for hydroxylation is 1. The van der Waals surface area contributed by atoms with E-state index in [4.69, 9.17) is 23.2 Å². The number of amides is 4. The van der Waals surface area contributed by atoms with E-state index < -0.39 is 68.2 Å². The van der Waals surface area contributed by atoms with Gasteiger partial charge in [-0.25, -0.2) is 62.0 Å². The fourth-order valence-electron chi connectivity index (χ4n) is 15.9. The number of aromatic nitrogens is 5. The number of aldehydes is 1. The highest BCUT2D eigenvalue weighted by Crippen LogP contribution is 2.28. The third-order valence-electron chi connectivity index (χ3n) is 22.6. The number of likely N-dealkylation sites (N-methyl/N-ethyl adjacent to an activating group) is 1. The molecule has 4 saturated heterocycles. The lowest BCUT2D eigenvalue weighted by molar-refractivity contribution is -0.139. The van der Waals surface area contributed by atoms with E-state index in [1.165, 1.54) is 75.9 Å². The third kappa shape index (κ3) is 27.4. The van der Waals surface area contributed by atoms with Crippen molar-refractivity contribution in [1.29, 1.82) is 0 Å². The topological polar surface area (TPSA) is 351 Å². The summed E-state index contributed by atoms with van der Waals surface area (Å²) in [7, 11) is -14.3. The van der Waals surface area contributed by atoms with Gasteiger partial charge in [-0.3, -0.25) is 43.6 Å². The summed E-state index contributed by atoms with van der Waals surface area (Å²) in [6.07, 6.45) is 17.6. The van der Waals surface area contributed by atoms with Gasteiger partial charge in [-0.05, 0) is 151 Å². The van der Waals surface area contributed by atoms with Gasteiger partial charge in [0.15, 0.2) is 6.29 Å². The number of carbonyl (C=O) groups excluding carboxylic acids is 5. The molecule has 6 aliphatic rings. The van der Waals surface area contributed by atoms with Gasteiger partial charge in [-0.15, -0.1) is 0 Å². The Hall–Kier alpha value is -9.12. The minimum absolute atomic E-state index is 0.0815. The number of nitrogens with one attached hydrogen (secondary N) is 4. The summed E-state index contributed by atoms with van der Waals surface area (Å²) in [5.74, 6) is -0.667. The molecule has 4 N–H and O–H groups in total. The van der Waals surface area contributed by atoms with Crippen LogP contribution in [0.15, 0.2) is 189 Å². The molecule has 124 heavy (non-hydrogen) atoms. The van der Waals surface area contributed by atoms with Crippen LogP contribution in [0.1, 0.15) is 73.1 Å². The van der Waals surface area contributed by atoms with Crippen LogP contribution in [0.4, 0.5) is 0 Å². The Kier molecular flexibility index (Phi) is 33.4. The number of rotatable bonds is 24. The van der Waals surface area contributed by atoms with E-state index in [9.17, 15) is 66.1 Å². The second-order valence-corrected chi connectivity index (χ2v) is 42.2. The highest BCUT2D eigenvalue weighted by atomic mass is 35.5. The van der Waals surface area contributed by atoms with Gasteiger partial charge >= 0.3 is 0 Å². The van der Waals surface area contributed by atoms with E-state index in [-0.39, 0.29) is 35.2 Å². The molecule has 5 aromatic heterocycles. The van der Waals surface area contributed by atoms with Gasteiger partial charge in [-0.2, -0.15) is 0 Å². The molecule has 0 spiro atoms. The highest BCUT2D eigenvalue weighted by molar-refractivity contribution is 7.90. The van der Waals surface area contributed by atoms with E-state index in [2.05, 4.69) is 71.0 Å². The molecule has 4 aromatic carbocycles.